The number of hydrogen-bond acceptors (Lipinski definition) is 2. The van der Waals surface area contributed by atoms with Crippen LogP contribution >= 0.6 is 0 Å². The molecule has 3 heteroatoms. The summed E-state index contributed by atoms with van der Waals surface area (Å²) in [6, 6.07) is 7.96. The van der Waals surface area contributed by atoms with Crippen LogP contribution in [0.2, 0.25) is 0 Å². The molecule has 1 N–H and O–H groups in total. The molecule has 0 aliphatic heterocycles. The van der Waals surface area contributed by atoms with E-state index in [1.807, 2.05) is 45.0 Å². The molecule has 1 aromatic carbocycles. The van der Waals surface area contributed by atoms with E-state index in [1.165, 1.54) is 0 Å². The standard InChI is InChI=1S/C13H19NO2/c1-13(2,3)16-12-6-4-5-11(9-12)7-8-14-10-15/h4-6,9-10H,7-8H2,1-3H3,(H,14,15). The molecule has 0 aliphatic rings. The number of amides is 1. The molecule has 0 unspecified atom stereocenters. The summed E-state index contributed by atoms with van der Waals surface area (Å²) in [6.45, 7) is 6.72. The topological polar surface area (TPSA) is 38.3 Å². The van der Waals surface area contributed by atoms with Gasteiger partial charge in [-0.1, -0.05) is 12.1 Å². The predicted octanol–water partition coefficient (Wildman–Crippen LogP) is 2.15. The van der Waals surface area contributed by atoms with Crippen molar-refractivity contribution < 1.29 is 9.53 Å². The van der Waals surface area contributed by atoms with Gasteiger partial charge >= 0.3 is 0 Å². The van der Waals surface area contributed by atoms with Gasteiger partial charge in [0.15, 0.2) is 0 Å². The maximum atomic E-state index is 10.1. The number of carbonyl (C=O) groups is 1. The van der Waals surface area contributed by atoms with Gasteiger partial charge in [-0.3, -0.25) is 4.79 Å². The van der Waals surface area contributed by atoms with Gasteiger partial charge in [0.2, 0.25) is 6.41 Å². The smallest absolute Gasteiger partial charge is 0.207 e. The maximum absolute atomic E-state index is 10.1. The number of benzene rings is 1. The minimum atomic E-state index is -0.181. The molecule has 0 aliphatic carbocycles. The van der Waals surface area contributed by atoms with Crippen LogP contribution in [0.25, 0.3) is 0 Å². The monoisotopic (exact) mass is 221 g/mol. The Morgan fingerprint density at radius 1 is 1.38 bits per heavy atom. The summed E-state index contributed by atoms with van der Waals surface area (Å²) in [6.07, 6.45) is 1.54. The Bertz CT molecular complexity index is 342. The first-order valence-electron chi connectivity index (χ1n) is 5.46. The van der Waals surface area contributed by atoms with Gasteiger partial charge in [0.05, 0.1) is 0 Å². The summed E-state index contributed by atoms with van der Waals surface area (Å²) in [5.41, 5.74) is 0.982. The van der Waals surface area contributed by atoms with Crippen molar-refractivity contribution in [2.24, 2.45) is 0 Å². The molecular formula is C13H19NO2. The predicted molar refractivity (Wildman–Crippen MR) is 64.6 cm³/mol. The van der Waals surface area contributed by atoms with E-state index in [9.17, 15) is 4.79 Å². The molecule has 88 valence electrons. The van der Waals surface area contributed by atoms with E-state index in [-0.39, 0.29) is 5.60 Å². The number of rotatable bonds is 5. The van der Waals surface area contributed by atoms with Crippen molar-refractivity contribution in [2.45, 2.75) is 32.8 Å². The van der Waals surface area contributed by atoms with E-state index in [0.717, 1.165) is 24.1 Å². The second-order valence-corrected chi connectivity index (χ2v) is 4.68. The highest BCUT2D eigenvalue weighted by Gasteiger charge is 2.11. The van der Waals surface area contributed by atoms with Gasteiger partial charge in [-0.25, -0.2) is 0 Å². The largest absolute Gasteiger partial charge is 0.488 e. The summed E-state index contributed by atoms with van der Waals surface area (Å²) >= 11 is 0. The van der Waals surface area contributed by atoms with Gasteiger partial charge in [-0.05, 0) is 44.9 Å². The second-order valence-electron chi connectivity index (χ2n) is 4.68. The highest BCUT2D eigenvalue weighted by atomic mass is 16.5. The third-order valence-electron chi connectivity index (χ3n) is 1.96. The molecule has 1 aromatic rings. The fourth-order valence-electron chi connectivity index (χ4n) is 1.39. The molecule has 3 nitrogen and oxygen atoms in total. The van der Waals surface area contributed by atoms with Crippen LogP contribution in [0.1, 0.15) is 26.3 Å². The highest BCUT2D eigenvalue weighted by molar-refractivity contribution is 5.45. The fourth-order valence-corrected chi connectivity index (χ4v) is 1.39. The van der Waals surface area contributed by atoms with E-state index in [0.29, 0.717) is 6.54 Å². The minimum Gasteiger partial charge on any atom is -0.488 e. The lowest BCUT2D eigenvalue weighted by Gasteiger charge is -2.21. The average molecular weight is 221 g/mol. The number of nitrogens with one attached hydrogen (secondary N) is 1. The molecular weight excluding hydrogens is 202 g/mol. The molecule has 0 heterocycles. The molecule has 1 rings (SSSR count). The van der Waals surface area contributed by atoms with Gasteiger partial charge in [-0.2, -0.15) is 0 Å². The van der Waals surface area contributed by atoms with Gasteiger partial charge < -0.3 is 10.1 Å². The first-order valence-corrected chi connectivity index (χ1v) is 5.46. The van der Waals surface area contributed by atoms with Crippen molar-refractivity contribution in [1.29, 1.82) is 0 Å². The molecule has 0 aromatic heterocycles. The van der Waals surface area contributed by atoms with E-state index in [1.54, 1.807) is 0 Å². The first kappa shape index (κ1) is 12.6. The SMILES string of the molecule is CC(C)(C)Oc1cccc(CCNC=O)c1. The summed E-state index contributed by atoms with van der Waals surface area (Å²) < 4.78 is 5.76. The van der Waals surface area contributed by atoms with Crippen LogP contribution in [0.4, 0.5) is 0 Å². The second kappa shape index (κ2) is 5.54. The average Bonchev–Trinajstić information content (AvgIpc) is 2.16. The Kier molecular flexibility index (Phi) is 4.35. The van der Waals surface area contributed by atoms with Gasteiger partial charge in [-0.15, -0.1) is 0 Å². The first-order chi connectivity index (χ1) is 7.51. The van der Waals surface area contributed by atoms with E-state index in [2.05, 4.69) is 5.32 Å². The van der Waals surface area contributed by atoms with Crippen molar-refractivity contribution in [3.05, 3.63) is 29.8 Å². The van der Waals surface area contributed by atoms with E-state index >= 15 is 0 Å². The number of carbonyl (C=O) groups excluding carboxylic acids is 1. The molecule has 0 saturated heterocycles. The molecule has 0 spiro atoms. The van der Waals surface area contributed by atoms with Crippen molar-refractivity contribution in [1.82, 2.24) is 5.32 Å². The summed E-state index contributed by atoms with van der Waals surface area (Å²) in [7, 11) is 0. The highest BCUT2D eigenvalue weighted by Crippen LogP contribution is 2.19. The fraction of sp³-hybridized carbons (Fsp3) is 0.462. The van der Waals surface area contributed by atoms with Gasteiger partial charge in [0.1, 0.15) is 11.4 Å². The van der Waals surface area contributed by atoms with Gasteiger partial charge in [0, 0.05) is 6.54 Å². The van der Waals surface area contributed by atoms with Crippen LogP contribution < -0.4 is 10.1 Å². The molecule has 0 atom stereocenters. The maximum Gasteiger partial charge on any atom is 0.207 e. The van der Waals surface area contributed by atoms with Crippen LogP contribution in [0.5, 0.6) is 5.75 Å². The normalized spacial score (nSPS) is 10.9. The lowest BCUT2D eigenvalue weighted by Crippen LogP contribution is -2.23. The summed E-state index contributed by atoms with van der Waals surface area (Å²) in [5.74, 6) is 0.871. The molecule has 0 saturated carbocycles. The Balaban J connectivity index is 2.60. The lowest BCUT2D eigenvalue weighted by atomic mass is 10.1. The quantitative estimate of drug-likeness (QED) is 0.611. The minimum absolute atomic E-state index is 0.181. The van der Waals surface area contributed by atoms with Crippen molar-refractivity contribution in [2.75, 3.05) is 6.54 Å². The lowest BCUT2D eigenvalue weighted by molar-refractivity contribution is -0.109. The third kappa shape index (κ3) is 4.82. The zero-order valence-corrected chi connectivity index (χ0v) is 10.1. The van der Waals surface area contributed by atoms with Crippen LogP contribution in [0, 0.1) is 0 Å². The molecule has 1 amide bonds. The van der Waals surface area contributed by atoms with Crippen molar-refractivity contribution in [3.63, 3.8) is 0 Å². The summed E-state index contributed by atoms with van der Waals surface area (Å²) in [4.78, 5) is 10.1. The zero-order chi connectivity index (χ0) is 12.0. The Labute approximate surface area is 96.8 Å². The van der Waals surface area contributed by atoms with Crippen molar-refractivity contribution in [3.8, 4) is 5.75 Å². The zero-order valence-electron chi connectivity index (χ0n) is 10.1. The van der Waals surface area contributed by atoms with Gasteiger partial charge in [0.25, 0.3) is 0 Å². The Morgan fingerprint density at radius 3 is 2.75 bits per heavy atom. The number of hydrogen-bond donors (Lipinski definition) is 1. The van der Waals surface area contributed by atoms with E-state index in [4.69, 9.17) is 4.74 Å². The van der Waals surface area contributed by atoms with Crippen molar-refractivity contribution >= 4 is 6.41 Å². The van der Waals surface area contributed by atoms with E-state index < -0.39 is 0 Å². The Hall–Kier alpha value is -1.51. The van der Waals surface area contributed by atoms with Crippen LogP contribution in [0.15, 0.2) is 24.3 Å². The van der Waals surface area contributed by atoms with Crippen LogP contribution in [-0.2, 0) is 11.2 Å². The molecule has 16 heavy (non-hydrogen) atoms. The molecule has 0 bridgehead atoms. The molecule has 0 radical (unpaired) electrons. The van der Waals surface area contributed by atoms with Crippen LogP contribution in [0.3, 0.4) is 0 Å². The summed E-state index contributed by atoms with van der Waals surface area (Å²) in [5, 5.41) is 2.64. The molecule has 0 fully saturated rings. The van der Waals surface area contributed by atoms with Crippen LogP contribution in [-0.4, -0.2) is 18.6 Å². The Morgan fingerprint density at radius 2 is 2.12 bits per heavy atom. The third-order valence-corrected chi connectivity index (χ3v) is 1.96. The number of ether oxygens (including phenoxy) is 1.